The molecule has 0 radical (unpaired) electrons. The lowest BCUT2D eigenvalue weighted by molar-refractivity contribution is 0.152. The minimum atomic E-state index is -0.167. The average molecular weight is 251 g/mol. The lowest BCUT2D eigenvalue weighted by Crippen LogP contribution is -2.12. The van der Waals surface area contributed by atoms with Crippen LogP contribution in [0.1, 0.15) is 18.9 Å². The summed E-state index contributed by atoms with van der Waals surface area (Å²) in [5.41, 5.74) is 1.42. The smallest absolute Gasteiger partial charge is 0.165 e. The monoisotopic (exact) mass is 250 g/mol. The van der Waals surface area contributed by atoms with Crippen LogP contribution >= 0.6 is 11.6 Å². The first kappa shape index (κ1) is 9.79. The van der Waals surface area contributed by atoms with Gasteiger partial charge in [0.1, 0.15) is 11.8 Å². The second-order valence-corrected chi connectivity index (χ2v) is 5.28. The number of halogens is 1. The van der Waals surface area contributed by atoms with Crippen molar-refractivity contribution in [2.24, 2.45) is 11.8 Å². The molecule has 4 atom stereocenters. The number of hydrogen-bond acceptors (Lipinski definition) is 4. The lowest BCUT2D eigenvalue weighted by atomic mass is 10.1. The van der Waals surface area contributed by atoms with Gasteiger partial charge < -0.3 is 9.67 Å². The van der Waals surface area contributed by atoms with Crippen LogP contribution in [0.3, 0.4) is 0 Å². The summed E-state index contributed by atoms with van der Waals surface area (Å²) in [4.78, 5) is 12.4. The molecule has 2 aromatic rings. The van der Waals surface area contributed by atoms with E-state index in [1.165, 1.54) is 6.33 Å². The van der Waals surface area contributed by atoms with Gasteiger partial charge in [0.15, 0.2) is 10.8 Å². The Kier molecular flexibility index (Phi) is 1.83. The van der Waals surface area contributed by atoms with E-state index in [0.717, 1.165) is 18.5 Å². The quantitative estimate of drug-likeness (QED) is 0.778. The summed E-state index contributed by atoms with van der Waals surface area (Å²) in [6, 6.07) is 0.311. The number of nitrogens with zero attached hydrogens (tertiary/aromatic N) is 4. The van der Waals surface area contributed by atoms with Gasteiger partial charge in [0, 0.05) is 6.04 Å². The minimum absolute atomic E-state index is 0.167. The third-order valence-corrected chi connectivity index (χ3v) is 4.31. The van der Waals surface area contributed by atoms with Crippen molar-refractivity contribution in [2.75, 3.05) is 0 Å². The number of imidazole rings is 1. The molecule has 2 aliphatic rings. The lowest BCUT2D eigenvalue weighted by Gasteiger charge is -2.15. The highest BCUT2D eigenvalue weighted by Crippen LogP contribution is 2.57. The van der Waals surface area contributed by atoms with Gasteiger partial charge in [0.05, 0.1) is 12.4 Å². The zero-order chi connectivity index (χ0) is 11.6. The molecule has 2 heterocycles. The molecule has 0 saturated heterocycles. The van der Waals surface area contributed by atoms with E-state index in [2.05, 4.69) is 15.0 Å². The second-order valence-electron chi connectivity index (χ2n) is 4.92. The van der Waals surface area contributed by atoms with Crippen LogP contribution in [0.15, 0.2) is 12.7 Å². The van der Waals surface area contributed by atoms with Gasteiger partial charge >= 0.3 is 0 Å². The van der Waals surface area contributed by atoms with Crippen LogP contribution in [0, 0.1) is 11.8 Å². The molecular weight excluding hydrogens is 240 g/mol. The molecule has 5 nitrogen and oxygen atoms in total. The predicted molar refractivity (Wildman–Crippen MR) is 61.6 cm³/mol. The van der Waals surface area contributed by atoms with Crippen molar-refractivity contribution in [2.45, 2.75) is 25.0 Å². The second kappa shape index (κ2) is 3.17. The number of aromatic nitrogens is 4. The molecule has 0 aromatic carbocycles. The standard InChI is InChI=1S/C11H11ClN4O/c12-10-9-11(14-3-13-10)16(4-15-9)7-2-8(17)6-1-5(6)7/h3-8,17H,1-2H2/t5-,6+,7+,8+/m0/s1. The van der Waals surface area contributed by atoms with Crippen LogP contribution in [-0.4, -0.2) is 30.7 Å². The fourth-order valence-corrected chi connectivity index (χ4v) is 3.28. The predicted octanol–water partition coefficient (Wildman–Crippen LogP) is 1.42. The molecule has 17 heavy (non-hydrogen) atoms. The Bertz CT molecular complexity index is 598. The minimum Gasteiger partial charge on any atom is -0.393 e. The van der Waals surface area contributed by atoms with E-state index in [4.69, 9.17) is 11.6 Å². The summed E-state index contributed by atoms with van der Waals surface area (Å²) in [7, 11) is 0. The molecule has 2 aliphatic carbocycles. The van der Waals surface area contributed by atoms with Crippen LogP contribution in [0.25, 0.3) is 11.2 Å². The molecule has 2 fully saturated rings. The van der Waals surface area contributed by atoms with Crippen LogP contribution < -0.4 is 0 Å². The topological polar surface area (TPSA) is 63.8 Å². The first-order valence-electron chi connectivity index (χ1n) is 5.77. The van der Waals surface area contributed by atoms with Crippen LogP contribution in [0.5, 0.6) is 0 Å². The summed E-state index contributed by atoms with van der Waals surface area (Å²) in [5.74, 6) is 1.06. The fraction of sp³-hybridized carbons (Fsp3) is 0.545. The van der Waals surface area contributed by atoms with Gasteiger partial charge in [-0.05, 0) is 24.7 Å². The van der Waals surface area contributed by atoms with Crippen molar-refractivity contribution in [3.63, 3.8) is 0 Å². The summed E-state index contributed by atoms with van der Waals surface area (Å²) in [6.07, 6.45) is 4.97. The average Bonchev–Trinajstić information content (AvgIpc) is 2.89. The van der Waals surface area contributed by atoms with E-state index >= 15 is 0 Å². The Hall–Kier alpha value is -1.20. The number of aliphatic hydroxyl groups is 1. The molecule has 0 bridgehead atoms. The van der Waals surface area contributed by atoms with Gasteiger partial charge in [-0.2, -0.15) is 0 Å². The highest BCUT2D eigenvalue weighted by Gasteiger charge is 2.54. The first-order chi connectivity index (χ1) is 8.25. The Morgan fingerprint density at radius 3 is 2.82 bits per heavy atom. The maximum absolute atomic E-state index is 9.84. The SMILES string of the molecule is O[C@@H]1C[C@@H](n2cnc3c(Cl)ncnc32)[C@H]2C[C@H]21. The molecule has 1 N–H and O–H groups in total. The van der Waals surface area contributed by atoms with Crippen molar-refractivity contribution in [3.05, 3.63) is 17.8 Å². The number of rotatable bonds is 1. The van der Waals surface area contributed by atoms with E-state index in [-0.39, 0.29) is 6.10 Å². The van der Waals surface area contributed by atoms with E-state index in [0.29, 0.717) is 28.5 Å². The molecule has 4 rings (SSSR count). The summed E-state index contributed by atoms with van der Waals surface area (Å²) in [6.45, 7) is 0. The summed E-state index contributed by atoms with van der Waals surface area (Å²) >= 11 is 5.98. The van der Waals surface area contributed by atoms with Crippen LogP contribution in [-0.2, 0) is 0 Å². The van der Waals surface area contributed by atoms with Gasteiger partial charge in [-0.25, -0.2) is 15.0 Å². The molecule has 6 heteroatoms. The van der Waals surface area contributed by atoms with Crippen molar-refractivity contribution < 1.29 is 5.11 Å². The normalized spacial score (nSPS) is 35.2. The van der Waals surface area contributed by atoms with E-state index in [1.807, 2.05) is 4.57 Å². The van der Waals surface area contributed by atoms with Crippen LogP contribution in [0.4, 0.5) is 0 Å². The Morgan fingerprint density at radius 1 is 1.24 bits per heavy atom. The van der Waals surface area contributed by atoms with E-state index in [9.17, 15) is 5.11 Å². The Morgan fingerprint density at radius 2 is 2.12 bits per heavy atom. The van der Waals surface area contributed by atoms with E-state index < -0.39 is 0 Å². The van der Waals surface area contributed by atoms with E-state index in [1.54, 1.807) is 6.33 Å². The molecule has 88 valence electrons. The Labute approximate surface area is 102 Å². The molecule has 2 aromatic heterocycles. The van der Waals surface area contributed by atoms with Gasteiger partial charge in [0.25, 0.3) is 0 Å². The Balaban J connectivity index is 1.84. The third kappa shape index (κ3) is 1.26. The molecule has 0 amide bonds. The van der Waals surface area contributed by atoms with Gasteiger partial charge in [-0.1, -0.05) is 11.6 Å². The zero-order valence-corrected chi connectivity index (χ0v) is 9.75. The summed E-state index contributed by atoms with van der Waals surface area (Å²) in [5, 5.41) is 10.2. The highest BCUT2D eigenvalue weighted by molar-refractivity contribution is 6.33. The maximum atomic E-state index is 9.84. The number of fused-ring (bicyclic) bond motifs is 2. The zero-order valence-electron chi connectivity index (χ0n) is 8.99. The van der Waals surface area contributed by atoms with Crippen molar-refractivity contribution in [1.29, 1.82) is 0 Å². The van der Waals surface area contributed by atoms with Crippen LogP contribution in [0.2, 0.25) is 5.15 Å². The molecule has 0 unspecified atom stereocenters. The van der Waals surface area contributed by atoms with Gasteiger partial charge in [-0.3, -0.25) is 0 Å². The fourth-order valence-electron chi connectivity index (χ4n) is 3.10. The van der Waals surface area contributed by atoms with Gasteiger partial charge in [0.2, 0.25) is 0 Å². The van der Waals surface area contributed by atoms with Crippen molar-refractivity contribution in [3.8, 4) is 0 Å². The molecule has 2 saturated carbocycles. The highest BCUT2D eigenvalue weighted by atomic mass is 35.5. The maximum Gasteiger partial charge on any atom is 0.165 e. The molecule has 0 aliphatic heterocycles. The van der Waals surface area contributed by atoms with Gasteiger partial charge in [-0.15, -0.1) is 0 Å². The molecule has 0 spiro atoms. The molecular formula is C11H11ClN4O. The van der Waals surface area contributed by atoms with Crippen molar-refractivity contribution >= 4 is 22.8 Å². The number of hydrogen-bond donors (Lipinski definition) is 1. The third-order valence-electron chi connectivity index (χ3n) is 4.03. The first-order valence-corrected chi connectivity index (χ1v) is 6.14. The largest absolute Gasteiger partial charge is 0.393 e. The summed E-state index contributed by atoms with van der Waals surface area (Å²) < 4.78 is 2.05. The van der Waals surface area contributed by atoms with Crippen molar-refractivity contribution in [1.82, 2.24) is 19.5 Å². The number of aliphatic hydroxyl groups excluding tert-OH is 1.